The minimum atomic E-state index is 0.0816. The molecule has 1 aliphatic carbocycles. The van der Waals surface area contributed by atoms with E-state index in [0.717, 1.165) is 22.2 Å². The topological polar surface area (TPSA) is 9.23 Å². The Kier molecular flexibility index (Phi) is 2.30. The summed E-state index contributed by atoms with van der Waals surface area (Å²) in [6, 6.07) is 13.1. The molecular weight excluding hydrogens is 356 g/mol. The summed E-state index contributed by atoms with van der Waals surface area (Å²) in [7, 11) is 0. The molecule has 0 atom stereocenters. The summed E-state index contributed by atoms with van der Waals surface area (Å²) >= 11 is 7.16. The molecule has 0 aromatic heterocycles. The van der Waals surface area contributed by atoms with Crippen LogP contribution < -0.4 is 0 Å². The molecule has 0 amide bonds. The van der Waals surface area contributed by atoms with E-state index in [1.165, 1.54) is 22.3 Å². The Hall–Kier alpha value is -0.640. The highest BCUT2D eigenvalue weighted by molar-refractivity contribution is 9.10. The molecule has 0 unspecified atom stereocenters. The molecule has 90 valence electrons. The summed E-state index contributed by atoms with van der Waals surface area (Å²) in [5.41, 5.74) is 5.58. The van der Waals surface area contributed by atoms with E-state index in [2.05, 4.69) is 68.3 Å². The highest BCUT2D eigenvalue weighted by Gasteiger charge is 2.49. The second-order valence-corrected chi connectivity index (χ2v) is 6.79. The van der Waals surface area contributed by atoms with Gasteiger partial charge in [0.1, 0.15) is 0 Å². The van der Waals surface area contributed by atoms with Crippen molar-refractivity contribution in [2.24, 2.45) is 0 Å². The molecule has 1 saturated heterocycles. The van der Waals surface area contributed by atoms with Crippen LogP contribution in [-0.4, -0.2) is 13.2 Å². The largest absolute Gasteiger partial charge is 0.379 e. The third-order valence-corrected chi connectivity index (χ3v) is 4.97. The van der Waals surface area contributed by atoms with Gasteiger partial charge in [0, 0.05) is 8.95 Å². The molecule has 2 aromatic carbocycles. The zero-order valence-corrected chi connectivity index (χ0v) is 12.7. The van der Waals surface area contributed by atoms with Crippen LogP contribution in [0.5, 0.6) is 0 Å². The lowest BCUT2D eigenvalue weighted by Crippen LogP contribution is -2.46. The van der Waals surface area contributed by atoms with Crippen LogP contribution in [-0.2, 0) is 10.2 Å². The first-order valence-corrected chi connectivity index (χ1v) is 7.47. The number of benzene rings is 2. The Bertz CT molecular complexity index is 606. The van der Waals surface area contributed by atoms with Crippen molar-refractivity contribution < 1.29 is 4.74 Å². The molecule has 4 rings (SSSR count). The molecule has 0 N–H and O–H groups in total. The van der Waals surface area contributed by atoms with Crippen LogP contribution in [0.15, 0.2) is 45.3 Å². The Morgan fingerprint density at radius 3 is 1.72 bits per heavy atom. The van der Waals surface area contributed by atoms with Crippen molar-refractivity contribution in [3.63, 3.8) is 0 Å². The van der Waals surface area contributed by atoms with E-state index in [4.69, 9.17) is 4.74 Å². The lowest BCUT2D eigenvalue weighted by atomic mass is 9.76. The maximum atomic E-state index is 5.52. The predicted molar refractivity (Wildman–Crippen MR) is 78.9 cm³/mol. The first-order chi connectivity index (χ1) is 8.71. The molecule has 1 aliphatic heterocycles. The minimum absolute atomic E-state index is 0.0816. The van der Waals surface area contributed by atoms with Gasteiger partial charge in [-0.3, -0.25) is 0 Å². The van der Waals surface area contributed by atoms with Crippen LogP contribution in [0.2, 0.25) is 0 Å². The van der Waals surface area contributed by atoms with E-state index in [-0.39, 0.29) is 5.41 Å². The van der Waals surface area contributed by atoms with Gasteiger partial charge in [-0.25, -0.2) is 0 Å². The van der Waals surface area contributed by atoms with Gasteiger partial charge in [-0.05, 0) is 46.5 Å². The summed E-state index contributed by atoms with van der Waals surface area (Å²) in [6.45, 7) is 1.58. The number of halogens is 2. The van der Waals surface area contributed by atoms with Crippen LogP contribution in [0.3, 0.4) is 0 Å². The fourth-order valence-electron chi connectivity index (χ4n) is 3.06. The number of rotatable bonds is 0. The predicted octanol–water partition coefficient (Wildman–Crippen LogP) is 4.51. The average Bonchev–Trinajstić information content (AvgIpc) is 2.57. The zero-order valence-electron chi connectivity index (χ0n) is 9.54. The maximum absolute atomic E-state index is 5.52. The number of fused-ring (bicyclic) bond motifs is 5. The van der Waals surface area contributed by atoms with E-state index in [9.17, 15) is 0 Å². The highest BCUT2D eigenvalue weighted by atomic mass is 79.9. The molecule has 18 heavy (non-hydrogen) atoms. The van der Waals surface area contributed by atoms with Gasteiger partial charge in [0.05, 0.1) is 18.6 Å². The second kappa shape index (κ2) is 3.69. The number of hydrogen-bond acceptors (Lipinski definition) is 1. The standard InChI is InChI=1S/C15H10Br2O/c16-9-1-3-11-12-4-2-10(17)6-14(12)15(7-18-8-15)13(11)5-9/h1-6H,7-8H2. The minimum Gasteiger partial charge on any atom is -0.379 e. The Balaban J connectivity index is 2.07. The molecule has 1 fully saturated rings. The number of ether oxygens (including phenoxy) is 1. The third kappa shape index (κ3) is 1.30. The van der Waals surface area contributed by atoms with Gasteiger partial charge in [0.15, 0.2) is 0 Å². The lowest BCUT2D eigenvalue weighted by molar-refractivity contribution is -0.0358. The molecule has 0 radical (unpaired) electrons. The average molecular weight is 366 g/mol. The Morgan fingerprint density at radius 1 is 0.833 bits per heavy atom. The van der Waals surface area contributed by atoms with Crippen molar-refractivity contribution in [1.82, 2.24) is 0 Å². The van der Waals surface area contributed by atoms with E-state index >= 15 is 0 Å². The van der Waals surface area contributed by atoms with Gasteiger partial charge in [0.2, 0.25) is 0 Å². The van der Waals surface area contributed by atoms with Gasteiger partial charge < -0.3 is 4.74 Å². The highest BCUT2D eigenvalue weighted by Crippen LogP contribution is 2.53. The van der Waals surface area contributed by atoms with Crippen molar-refractivity contribution in [2.75, 3.05) is 13.2 Å². The first-order valence-electron chi connectivity index (χ1n) is 5.89. The fourth-order valence-corrected chi connectivity index (χ4v) is 3.78. The summed E-state index contributed by atoms with van der Waals surface area (Å²) in [5.74, 6) is 0. The molecule has 1 nitrogen and oxygen atoms in total. The van der Waals surface area contributed by atoms with Crippen LogP contribution in [0.25, 0.3) is 11.1 Å². The van der Waals surface area contributed by atoms with Crippen molar-refractivity contribution >= 4 is 31.9 Å². The van der Waals surface area contributed by atoms with Gasteiger partial charge in [-0.15, -0.1) is 0 Å². The maximum Gasteiger partial charge on any atom is 0.0682 e. The van der Waals surface area contributed by atoms with E-state index in [0.29, 0.717) is 0 Å². The van der Waals surface area contributed by atoms with Crippen LogP contribution >= 0.6 is 31.9 Å². The molecule has 2 aliphatic rings. The fraction of sp³-hybridized carbons (Fsp3) is 0.200. The molecule has 1 spiro atoms. The summed E-state index contributed by atoms with van der Waals surface area (Å²) in [4.78, 5) is 0. The van der Waals surface area contributed by atoms with Crippen LogP contribution in [0.1, 0.15) is 11.1 Å². The molecule has 1 heterocycles. The normalized spacial score (nSPS) is 18.3. The summed E-state index contributed by atoms with van der Waals surface area (Å²) < 4.78 is 7.80. The van der Waals surface area contributed by atoms with E-state index in [1.807, 2.05) is 0 Å². The smallest absolute Gasteiger partial charge is 0.0682 e. The zero-order chi connectivity index (χ0) is 12.3. The molecule has 3 heteroatoms. The van der Waals surface area contributed by atoms with Gasteiger partial charge in [-0.1, -0.05) is 44.0 Å². The Morgan fingerprint density at radius 2 is 1.33 bits per heavy atom. The van der Waals surface area contributed by atoms with E-state index in [1.54, 1.807) is 0 Å². The monoisotopic (exact) mass is 364 g/mol. The molecule has 0 bridgehead atoms. The molecule has 2 aromatic rings. The lowest BCUT2D eigenvalue weighted by Gasteiger charge is -2.40. The molecule has 0 saturated carbocycles. The van der Waals surface area contributed by atoms with Gasteiger partial charge in [-0.2, -0.15) is 0 Å². The number of hydrogen-bond donors (Lipinski definition) is 0. The third-order valence-electron chi connectivity index (χ3n) is 3.98. The van der Waals surface area contributed by atoms with Crippen molar-refractivity contribution in [3.8, 4) is 11.1 Å². The summed E-state index contributed by atoms with van der Waals surface area (Å²) in [6.07, 6.45) is 0. The van der Waals surface area contributed by atoms with Crippen molar-refractivity contribution in [1.29, 1.82) is 0 Å². The summed E-state index contributed by atoms with van der Waals surface area (Å²) in [5, 5.41) is 0. The van der Waals surface area contributed by atoms with Crippen LogP contribution in [0, 0.1) is 0 Å². The van der Waals surface area contributed by atoms with Crippen molar-refractivity contribution in [2.45, 2.75) is 5.41 Å². The Labute approximate surface area is 122 Å². The van der Waals surface area contributed by atoms with Crippen LogP contribution in [0.4, 0.5) is 0 Å². The second-order valence-electron chi connectivity index (χ2n) is 4.95. The SMILES string of the molecule is Brc1ccc2c(c1)C1(COC1)c1cc(Br)ccc1-2. The van der Waals surface area contributed by atoms with Crippen molar-refractivity contribution in [3.05, 3.63) is 56.5 Å². The quantitative estimate of drug-likeness (QED) is 0.667. The first kappa shape index (κ1) is 11.2. The van der Waals surface area contributed by atoms with E-state index < -0.39 is 0 Å². The van der Waals surface area contributed by atoms with Gasteiger partial charge in [0.25, 0.3) is 0 Å². The molecular formula is C15H10Br2O. The van der Waals surface area contributed by atoms with Gasteiger partial charge >= 0.3 is 0 Å².